The molecule has 0 aromatic heterocycles. The lowest BCUT2D eigenvalue weighted by Gasteiger charge is -2.28. The highest BCUT2D eigenvalue weighted by Crippen LogP contribution is 2.38. The number of likely N-dealkylation sites (N-methyl/N-ethyl adjacent to an activating group) is 1. The molecule has 0 fully saturated rings. The van der Waals surface area contributed by atoms with Crippen LogP contribution in [0.3, 0.4) is 0 Å². The van der Waals surface area contributed by atoms with Crippen LogP contribution >= 0.6 is 7.82 Å². The molecule has 53 heavy (non-hydrogen) atoms. The summed E-state index contributed by atoms with van der Waals surface area (Å²) in [6, 6.07) is 0. The van der Waals surface area contributed by atoms with Crippen molar-refractivity contribution in [3.8, 4) is 0 Å². The number of quaternary nitrogens is 1. The van der Waals surface area contributed by atoms with E-state index >= 15 is 0 Å². The molecule has 0 amide bonds. The molecule has 0 N–H and O–H groups in total. The number of hydrogen-bond donors (Lipinski definition) is 0. The van der Waals surface area contributed by atoms with Crippen molar-refractivity contribution in [2.75, 3.05) is 47.5 Å². The molecule has 0 bridgehead atoms. The van der Waals surface area contributed by atoms with Gasteiger partial charge in [0.2, 0.25) is 0 Å². The van der Waals surface area contributed by atoms with Crippen molar-refractivity contribution in [1.82, 2.24) is 0 Å². The number of hydrogen-bond acceptors (Lipinski definition) is 8. The number of phosphoric acid groups is 1. The number of rotatable bonds is 37. The molecular weight excluding hydrogens is 689 g/mol. The molecule has 0 rings (SSSR count). The molecule has 2 atom stereocenters. The first-order valence-corrected chi connectivity index (χ1v) is 22.3. The number of nitrogens with zero attached hydrogens (tertiary/aromatic N) is 1. The van der Waals surface area contributed by atoms with Gasteiger partial charge in [0.15, 0.2) is 6.10 Å². The maximum atomic E-state index is 12.6. The Labute approximate surface area is 324 Å². The maximum Gasteiger partial charge on any atom is 0.306 e. The Hall–Kier alpha value is -2.03. The van der Waals surface area contributed by atoms with E-state index in [0.717, 1.165) is 64.2 Å². The molecular formula is C43H78NO8P. The van der Waals surface area contributed by atoms with Gasteiger partial charge < -0.3 is 27.9 Å². The zero-order valence-corrected chi connectivity index (χ0v) is 35.3. The molecule has 0 saturated carbocycles. The van der Waals surface area contributed by atoms with Gasteiger partial charge in [0.25, 0.3) is 7.82 Å². The molecule has 9 nitrogen and oxygen atoms in total. The van der Waals surface area contributed by atoms with Gasteiger partial charge >= 0.3 is 11.9 Å². The van der Waals surface area contributed by atoms with Crippen molar-refractivity contribution >= 4 is 19.8 Å². The van der Waals surface area contributed by atoms with Crippen molar-refractivity contribution in [2.24, 2.45) is 0 Å². The second-order valence-electron chi connectivity index (χ2n) is 15.0. The predicted molar refractivity (Wildman–Crippen MR) is 217 cm³/mol. The van der Waals surface area contributed by atoms with E-state index in [2.05, 4.69) is 62.5 Å². The average molecular weight is 768 g/mol. The minimum Gasteiger partial charge on any atom is -0.756 e. The smallest absolute Gasteiger partial charge is 0.306 e. The molecule has 0 aromatic rings. The summed E-state index contributed by atoms with van der Waals surface area (Å²) >= 11 is 0. The van der Waals surface area contributed by atoms with Crippen LogP contribution < -0.4 is 4.89 Å². The molecule has 0 aliphatic carbocycles. The zero-order chi connectivity index (χ0) is 39.3. The van der Waals surface area contributed by atoms with E-state index in [4.69, 9.17) is 18.5 Å². The van der Waals surface area contributed by atoms with E-state index < -0.39 is 32.5 Å². The van der Waals surface area contributed by atoms with Crippen LogP contribution in [0.25, 0.3) is 0 Å². The lowest BCUT2D eigenvalue weighted by Crippen LogP contribution is -2.37. The Balaban J connectivity index is 4.48. The van der Waals surface area contributed by atoms with Gasteiger partial charge in [-0.1, -0.05) is 120 Å². The summed E-state index contributed by atoms with van der Waals surface area (Å²) in [5.41, 5.74) is 0. The third kappa shape index (κ3) is 39.5. The lowest BCUT2D eigenvalue weighted by atomic mass is 10.1. The van der Waals surface area contributed by atoms with E-state index in [9.17, 15) is 19.0 Å². The Morgan fingerprint density at radius 3 is 1.60 bits per heavy atom. The van der Waals surface area contributed by atoms with Crippen molar-refractivity contribution in [3.63, 3.8) is 0 Å². The number of esters is 2. The van der Waals surface area contributed by atoms with Gasteiger partial charge in [-0.25, -0.2) is 0 Å². The fraction of sp³-hybridized carbons (Fsp3) is 0.767. The van der Waals surface area contributed by atoms with E-state index in [0.29, 0.717) is 23.9 Å². The molecule has 0 aliphatic heterocycles. The monoisotopic (exact) mass is 768 g/mol. The molecule has 0 spiro atoms. The number of phosphoric ester groups is 1. The van der Waals surface area contributed by atoms with E-state index in [1.165, 1.54) is 57.8 Å². The second-order valence-corrected chi connectivity index (χ2v) is 16.4. The van der Waals surface area contributed by atoms with Crippen molar-refractivity contribution < 1.29 is 42.1 Å². The van der Waals surface area contributed by atoms with Crippen molar-refractivity contribution in [3.05, 3.63) is 48.6 Å². The second kappa shape index (κ2) is 35.7. The van der Waals surface area contributed by atoms with Crippen LogP contribution in [0.15, 0.2) is 48.6 Å². The Bertz CT molecular complexity index is 1050. The maximum absolute atomic E-state index is 12.6. The van der Waals surface area contributed by atoms with Crippen LogP contribution in [0.4, 0.5) is 0 Å². The largest absolute Gasteiger partial charge is 0.756 e. The summed E-state index contributed by atoms with van der Waals surface area (Å²) in [5.74, 6) is -0.893. The Morgan fingerprint density at radius 1 is 0.585 bits per heavy atom. The standard InChI is InChI=1S/C43H78NO8P/c1-6-8-10-12-14-16-18-20-22-24-25-27-29-31-33-35-42(45)49-39-41(40-51-53(47,48)50-38-37-44(3,4)5)52-43(46)36-34-32-30-28-26-23-21-19-17-15-13-11-9-7-2/h14,16,19-22,25,27,41H,6-13,15,17-18,23-24,26,28-40H2,1-5H3/b16-14-,21-19-,22-20-,27-25-/t41-/m1/s1. The molecule has 10 heteroatoms. The Kier molecular flexibility index (Phi) is 34.3. The molecule has 0 aliphatic rings. The molecule has 0 radical (unpaired) electrons. The molecule has 308 valence electrons. The normalized spacial score (nSPS) is 14.2. The van der Waals surface area contributed by atoms with E-state index in [1.807, 2.05) is 21.1 Å². The quantitative estimate of drug-likeness (QED) is 0.0202. The highest BCUT2D eigenvalue weighted by Gasteiger charge is 2.21. The van der Waals surface area contributed by atoms with Gasteiger partial charge in [0, 0.05) is 12.8 Å². The van der Waals surface area contributed by atoms with Crippen LogP contribution in [-0.2, 0) is 32.7 Å². The van der Waals surface area contributed by atoms with Gasteiger partial charge in [-0.05, 0) is 77.0 Å². The van der Waals surface area contributed by atoms with Crippen LogP contribution in [0, 0.1) is 0 Å². The summed E-state index contributed by atoms with van der Waals surface area (Å²) in [5, 5.41) is 0. The number of allylic oxidation sites excluding steroid dienone is 8. The summed E-state index contributed by atoms with van der Waals surface area (Å²) in [7, 11) is 1.13. The van der Waals surface area contributed by atoms with Crippen LogP contribution in [-0.4, -0.2) is 70.0 Å². The summed E-state index contributed by atoms with van der Waals surface area (Å²) in [6.07, 6.45) is 39.9. The summed E-state index contributed by atoms with van der Waals surface area (Å²) < 4.78 is 33.8. The summed E-state index contributed by atoms with van der Waals surface area (Å²) in [4.78, 5) is 37.4. The van der Waals surface area contributed by atoms with Gasteiger partial charge in [-0.15, -0.1) is 0 Å². The average Bonchev–Trinajstić information content (AvgIpc) is 3.10. The minimum absolute atomic E-state index is 0.0398. The SMILES string of the molecule is CCCCC/C=C\C/C=C\C/C=C\CCCCC(=O)OC[C@H](COP(=O)([O-])OCC[N+](C)(C)C)OC(=O)CCCCCCC/C=C\CCCCCCC. The lowest BCUT2D eigenvalue weighted by molar-refractivity contribution is -0.870. The Morgan fingerprint density at radius 2 is 1.02 bits per heavy atom. The molecule has 0 aromatic carbocycles. The number of carbonyl (C=O) groups is 2. The van der Waals surface area contributed by atoms with Gasteiger partial charge in [-0.2, -0.15) is 0 Å². The van der Waals surface area contributed by atoms with Crippen LogP contribution in [0.2, 0.25) is 0 Å². The first-order valence-electron chi connectivity index (χ1n) is 20.8. The van der Waals surface area contributed by atoms with Crippen LogP contribution in [0.5, 0.6) is 0 Å². The summed E-state index contributed by atoms with van der Waals surface area (Å²) in [6.45, 7) is 4.12. The fourth-order valence-electron chi connectivity index (χ4n) is 5.24. The predicted octanol–water partition coefficient (Wildman–Crippen LogP) is 10.9. The van der Waals surface area contributed by atoms with Crippen LogP contribution in [0.1, 0.15) is 162 Å². The number of unbranched alkanes of at least 4 members (excludes halogenated alkanes) is 15. The molecule has 0 saturated heterocycles. The van der Waals surface area contributed by atoms with Crippen molar-refractivity contribution in [1.29, 1.82) is 0 Å². The van der Waals surface area contributed by atoms with Crippen molar-refractivity contribution in [2.45, 2.75) is 168 Å². The van der Waals surface area contributed by atoms with Gasteiger partial charge in [0.1, 0.15) is 19.8 Å². The van der Waals surface area contributed by atoms with Gasteiger partial charge in [-0.3, -0.25) is 14.2 Å². The zero-order valence-electron chi connectivity index (χ0n) is 34.4. The van der Waals surface area contributed by atoms with E-state index in [-0.39, 0.29) is 26.1 Å². The third-order valence-electron chi connectivity index (χ3n) is 8.57. The number of ether oxygens (including phenoxy) is 2. The fourth-order valence-corrected chi connectivity index (χ4v) is 5.97. The number of carbonyl (C=O) groups excluding carboxylic acids is 2. The van der Waals surface area contributed by atoms with E-state index in [1.54, 1.807) is 0 Å². The van der Waals surface area contributed by atoms with Gasteiger partial charge in [0.05, 0.1) is 27.7 Å². The third-order valence-corrected chi connectivity index (χ3v) is 9.54. The highest BCUT2D eigenvalue weighted by atomic mass is 31.2. The topological polar surface area (TPSA) is 111 Å². The molecule has 1 unspecified atom stereocenters. The molecule has 0 heterocycles. The first kappa shape index (κ1) is 51.0. The minimum atomic E-state index is -4.63. The first-order chi connectivity index (χ1) is 25.5. The highest BCUT2D eigenvalue weighted by molar-refractivity contribution is 7.45.